The highest BCUT2D eigenvalue weighted by molar-refractivity contribution is 6.15. The van der Waals surface area contributed by atoms with Crippen LogP contribution in [-0.4, -0.2) is 9.13 Å². The molecular formula is C57H36N2. The Morgan fingerprint density at radius 1 is 0.322 bits per heavy atom. The fraction of sp³-hybridized carbons (Fsp3) is 0.0175. The molecule has 12 aromatic rings. The number of nitrogens with zero attached hydrogens (tertiary/aromatic N) is 2. The molecule has 0 saturated heterocycles. The molecule has 2 aromatic heterocycles. The van der Waals surface area contributed by atoms with E-state index in [9.17, 15) is 0 Å². The van der Waals surface area contributed by atoms with Gasteiger partial charge in [0, 0.05) is 38.8 Å². The zero-order valence-corrected chi connectivity index (χ0v) is 32.2. The van der Waals surface area contributed by atoms with Gasteiger partial charge in [0.1, 0.15) is 0 Å². The largest absolute Gasteiger partial charge is 0.309 e. The van der Waals surface area contributed by atoms with Crippen molar-refractivity contribution in [3.63, 3.8) is 0 Å². The van der Waals surface area contributed by atoms with Crippen molar-refractivity contribution in [2.45, 2.75) is 5.92 Å². The number of para-hydroxylation sites is 1. The summed E-state index contributed by atoms with van der Waals surface area (Å²) >= 11 is 0. The molecule has 2 heterocycles. The number of fused-ring (bicyclic) bond motifs is 12. The Balaban J connectivity index is 1.06. The van der Waals surface area contributed by atoms with Crippen molar-refractivity contribution in [2.75, 3.05) is 0 Å². The van der Waals surface area contributed by atoms with Crippen LogP contribution < -0.4 is 0 Å². The van der Waals surface area contributed by atoms with Crippen LogP contribution in [0.25, 0.3) is 98.8 Å². The summed E-state index contributed by atoms with van der Waals surface area (Å²) in [6.07, 6.45) is 0. The predicted molar refractivity (Wildman–Crippen MR) is 248 cm³/mol. The molecule has 1 aliphatic rings. The van der Waals surface area contributed by atoms with Crippen molar-refractivity contribution < 1.29 is 0 Å². The van der Waals surface area contributed by atoms with Crippen LogP contribution in [-0.2, 0) is 0 Å². The molecule has 59 heavy (non-hydrogen) atoms. The topological polar surface area (TPSA) is 9.86 Å². The average molecular weight is 749 g/mol. The highest BCUT2D eigenvalue weighted by Gasteiger charge is 2.33. The lowest BCUT2D eigenvalue weighted by Gasteiger charge is -2.18. The predicted octanol–water partition coefficient (Wildman–Crippen LogP) is 15.0. The van der Waals surface area contributed by atoms with Crippen LogP contribution in [0.4, 0.5) is 0 Å². The number of aromatic nitrogens is 2. The van der Waals surface area contributed by atoms with Crippen molar-refractivity contribution in [1.29, 1.82) is 0 Å². The smallest absolute Gasteiger partial charge is 0.0588 e. The fourth-order valence-corrected chi connectivity index (χ4v) is 10.3. The molecule has 0 fully saturated rings. The van der Waals surface area contributed by atoms with Gasteiger partial charge in [0.25, 0.3) is 0 Å². The van der Waals surface area contributed by atoms with E-state index in [4.69, 9.17) is 0 Å². The molecular weight excluding hydrogens is 713 g/mol. The molecule has 2 nitrogen and oxygen atoms in total. The molecule has 13 rings (SSSR count). The van der Waals surface area contributed by atoms with Crippen molar-refractivity contribution in [3.05, 3.63) is 229 Å². The second-order valence-corrected chi connectivity index (χ2v) is 16.1. The number of hydrogen-bond acceptors (Lipinski definition) is 0. The summed E-state index contributed by atoms with van der Waals surface area (Å²) in [5, 5.41) is 10.0. The first-order valence-corrected chi connectivity index (χ1v) is 20.5. The molecule has 0 radical (unpaired) electrons. The van der Waals surface area contributed by atoms with E-state index < -0.39 is 0 Å². The summed E-state index contributed by atoms with van der Waals surface area (Å²) < 4.78 is 4.96. The Kier molecular flexibility index (Phi) is 6.82. The summed E-state index contributed by atoms with van der Waals surface area (Å²) in [6.45, 7) is 0. The summed E-state index contributed by atoms with van der Waals surface area (Å²) in [6, 6.07) is 78.8. The van der Waals surface area contributed by atoms with Gasteiger partial charge in [-0.05, 0) is 115 Å². The molecule has 1 atom stereocenters. The van der Waals surface area contributed by atoms with Crippen LogP contribution >= 0.6 is 0 Å². The summed E-state index contributed by atoms with van der Waals surface area (Å²) in [7, 11) is 0. The molecule has 0 aliphatic heterocycles. The molecule has 10 aromatic carbocycles. The maximum Gasteiger partial charge on any atom is 0.0588 e. The van der Waals surface area contributed by atoms with Crippen molar-refractivity contribution in [3.8, 4) is 33.6 Å². The first kappa shape index (κ1) is 32.4. The Hall–Kier alpha value is -7.68. The number of benzene rings is 10. The third-order valence-electron chi connectivity index (χ3n) is 12.9. The molecule has 0 amide bonds. The van der Waals surface area contributed by atoms with Gasteiger partial charge in [-0.15, -0.1) is 0 Å². The first-order chi connectivity index (χ1) is 29.3. The van der Waals surface area contributed by atoms with E-state index in [0.717, 1.165) is 0 Å². The van der Waals surface area contributed by atoms with Crippen molar-refractivity contribution >= 4 is 65.2 Å². The summed E-state index contributed by atoms with van der Waals surface area (Å²) in [5.41, 5.74) is 16.4. The Labute approximate surface area is 341 Å². The molecule has 274 valence electrons. The second kappa shape index (κ2) is 12.4. The zero-order valence-electron chi connectivity index (χ0n) is 32.2. The maximum atomic E-state index is 2.54. The lowest BCUT2D eigenvalue weighted by molar-refractivity contribution is 1.01. The minimum absolute atomic E-state index is 0.122. The van der Waals surface area contributed by atoms with E-state index in [1.807, 2.05) is 0 Å². The van der Waals surface area contributed by atoms with E-state index in [1.54, 1.807) is 0 Å². The van der Waals surface area contributed by atoms with E-state index in [0.29, 0.717) is 0 Å². The lowest BCUT2D eigenvalue weighted by Crippen LogP contribution is -2.03. The standard InChI is InChI=1S/C57H36N2/c1-2-14-38(15-3-1)55-47-20-9-8-18-45(47)48-28-29-49-51-35-42(25-31-54(51)59(57(49)56(48)55)44-27-23-37-13-5-7-17-40(37)33-44)41-24-30-53-50(34-41)46-19-10-11-21-52(46)58(53)43-26-22-36-12-4-6-16-39(36)32-43/h1-35,55H. The van der Waals surface area contributed by atoms with Gasteiger partial charge >= 0.3 is 0 Å². The van der Waals surface area contributed by atoms with Gasteiger partial charge in [0.2, 0.25) is 0 Å². The normalized spacial score (nSPS) is 13.6. The van der Waals surface area contributed by atoms with Crippen molar-refractivity contribution in [1.82, 2.24) is 9.13 Å². The fourth-order valence-electron chi connectivity index (χ4n) is 10.3. The average Bonchev–Trinajstić information content (AvgIpc) is 3.94. The maximum absolute atomic E-state index is 2.54. The van der Waals surface area contributed by atoms with Gasteiger partial charge in [-0.2, -0.15) is 0 Å². The third-order valence-corrected chi connectivity index (χ3v) is 12.9. The molecule has 0 N–H and O–H groups in total. The SMILES string of the molecule is c1ccc(C2c3ccccc3-c3ccc4c5cc(-c6ccc7c(c6)c6ccccc6n7-c6ccc7ccccc7c6)ccc5n(-c5ccc6ccccc6c5)c4c32)cc1. The summed E-state index contributed by atoms with van der Waals surface area (Å²) in [5.74, 6) is 0.122. The number of rotatable bonds is 4. The van der Waals surface area contributed by atoms with Crippen LogP contribution in [0, 0.1) is 0 Å². The van der Waals surface area contributed by atoms with Crippen LogP contribution in [0.5, 0.6) is 0 Å². The highest BCUT2D eigenvalue weighted by Crippen LogP contribution is 2.52. The first-order valence-electron chi connectivity index (χ1n) is 20.5. The quantitative estimate of drug-likeness (QED) is 0.170. The summed E-state index contributed by atoms with van der Waals surface area (Å²) in [4.78, 5) is 0. The Morgan fingerprint density at radius 2 is 0.881 bits per heavy atom. The lowest BCUT2D eigenvalue weighted by atomic mass is 9.88. The van der Waals surface area contributed by atoms with Crippen LogP contribution in [0.3, 0.4) is 0 Å². The Morgan fingerprint density at radius 3 is 1.61 bits per heavy atom. The van der Waals surface area contributed by atoms with Gasteiger partial charge in [0.05, 0.1) is 22.1 Å². The highest BCUT2D eigenvalue weighted by atomic mass is 15.0. The van der Waals surface area contributed by atoms with Crippen molar-refractivity contribution in [2.24, 2.45) is 0 Å². The van der Waals surface area contributed by atoms with Gasteiger partial charge in [-0.25, -0.2) is 0 Å². The molecule has 2 heteroatoms. The monoisotopic (exact) mass is 748 g/mol. The third kappa shape index (κ3) is 4.75. The molecule has 0 bridgehead atoms. The van der Waals surface area contributed by atoms with E-state index in [1.165, 1.54) is 115 Å². The van der Waals surface area contributed by atoms with Crippen LogP contribution in [0.1, 0.15) is 22.6 Å². The van der Waals surface area contributed by atoms with Crippen LogP contribution in [0.15, 0.2) is 212 Å². The molecule has 0 spiro atoms. The molecule has 1 aliphatic carbocycles. The van der Waals surface area contributed by atoms with Gasteiger partial charge in [-0.3, -0.25) is 0 Å². The second-order valence-electron chi connectivity index (χ2n) is 16.1. The Bertz CT molecular complexity index is 3680. The zero-order chi connectivity index (χ0) is 38.6. The van der Waals surface area contributed by atoms with Crippen LogP contribution in [0.2, 0.25) is 0 Å². The van der Waals surface area contributed by atoms with Gasteiger partial charge in [-0.1, -0.05) is 158 Å². The van der Waals surface area contributed by atoms with E-state index >= 15 is 0 Å². The minimum Gasteiger partial charge on any atom is -0.309 e. The van der Waals surface area contributed by atoms with E-state index in [2.05, 4.69) is 221 Å². The minimum atomic E-state index is 0.122. The molecule has 1 unspecified atom stereocenters. The van der Waals surface area contributed by atoms with Gasteiger partial charge in [0.15, 0.2) is 0 Å². The number of hydrogen-bond donors (Lipinski definition) is 0. The molecule has 0 saturated carbocycles. The van der Waals surface area contributed by atoms with E-state index in [-0.39, 0.29) is 5.92 Å². The van der Waals surface area contributed by atoms with Gasteiger partial charge < -0.3 is 9.13 Å².